The fraction of sp³-hybridized carbons (Fsp3) is 0.500. The van der Waals surface area contributed by atoms with Gasteiger partial charge < -0.3 is 14.4 Å². The Bertz CT molecular complexity index is 544. The zero-order valence-electron chi connectivity index (χ0n) is 10.5. The first-order valence-corrected chi connectivity index (χ1v) is 6.42. The quantitative estimate of drug-likeness (QED) is 0.893. The number of aromatic nitrogens is 2. The molecule has 1 aromatic heterocycles. The summed E-state index contributed by atoms with van der Waals surface area (Å²) in [6.45, 7) is 1.44. The molecule has 1 aliphatic heterocycles. The largest absolute Gasteiger partial charge is 0.392 e. The summed E-state index contributed by atoms with van der Waals surface area (Å²) in [6, 6.07) is 8.05. The Labute approximate surface area is 106 Å². The Morgan fingerprint density at radius 1 is 1.50 bits per heavy atom. The minimum Gasteiger partial charge on any atom is -0.392 e. The zero-order valence-corrected chi connectivity index (χ0v) is 10.5. The molecular formula is C14H18N2O2. The van der Waals surface area contributed by atoms with Crippen LogP contribution in [-0.2, 0) is 18.2 Å². The van der Waals surface area contributed by atoms with E-state index in [1.165, 1.54) is 0 Å². The van der Waals surface area contributed by atoms with Crippen molar-refractivity contribution in [3.8, 4) is 0 Å². The highest BCUT2D eigenvalue weighted by molar-refractivity contribution is 5.75. The fourth-order valence-corrected chi connectivity index (χ4v) is 2.59. The van der Waals surface area contributed by atoms with Gasteiger partial charge in [-0.25, -0.2) is 4.98 Å². The summed E-state index contributed by atoms with van der Waals surface area (Å²) >= 11 is 0. The molecule has 4 nitrogen and oxygen atoms in total. The van der Waals surface area contributed by atoms with Crippen LogP contribution in [0.2, 0.25) is 0 Å². The molecular weight excluding hydrogens is 228 g/mol. The Kier molecular flexibility index (Phi) is 3.06. The standard InChI is InChI=1S/C14H18N2O2/c1-16-12-5-3-2-4-11(12)15-14(16)8-13(17)10-6-7-18-9-10/h2-5,10,13,17H,6-9H2,1H3. The molecule has 1 aliphatic rings. The predicted octanol–water partition coefficient (Wildman–Crippen LogP) is 1.51. The van der Waals surface area contributed by atoms with E-state index in [0.29, 0.717) is 13.0 Å². The van der Waals surface area contributed by atoms with Crippen molar-refractivity contribution in [2.45, 2.75) is 18.9 Å². The van der Waals surface area contributed by atoms with Crippen molar-refractivity contribution in [3.63, 3.8) is 0 Å². The van der Waals surface area contributed by atoms with E-state index in [1.807, 2.05) is 25.2 Å². The van der Waals surface area contributed by atoms with Crippen LogP contribution in [0, 0.1) is 5.92 Å². The SMILES string of the molecule is Cn1c(CC(O)C2CCOC2)nc2ccccc21. The van der Waals surface area contributed by atoms with Crippen LogP contribution in [0.15, 0.2) is 24.3 Å². The van der Waals surface area contributed by atoms with Crippen LogP contribution in [0.5, 0.6) is 0 Å². The lowest BCUT2D eigenvalue weighted by Gasteiger charge is -2.15. The average Bonchev–Trinajstić information content (AvgIpc) is 3.00. The Morgan fingerprint density at radius 3 is 3.06 bits per heavy atom. The molecule has 0 aliphatic carbocycles. The minimum atomic E-state index is -0.358. The number of benzene rings is 1. The predicted molar refractivity (Wildman–Crippen MR) is 69.4 cm³/mol. The summed E-state index contributed by atoms with van der Waals surface area (Å²) in [5.74, 6) is 1.19. The Balaban J connectivity index is 1.83. The number of hydrogen-bond donors (Lipinski definition) is 1. The normalized spacial score (nSPS) is 21.6. The smallest absolute Gasteiger partial charge is 0.112 e. The number of imidazole rings is 1. The van der Waals surface area contributed by atoms with Crippen molar-refractivity contribution in [2.75, 3.05) is 13.2 Å². The van der Waals surface area contributed by atoms with Gasteiger partial charge in [0.25, 0.3) is 0 Å². The molecule has 0 amide bonds. The molecule has 0 saturated carbocycles. The number of aliphatic hydroxyl groups is 1. The van der Waals surface area contributed by atoms with E-state index in [4.69, 9.17) is 4.74 Å². The van der Waals surface area contributed by atoms with Crippen LogP contribution in [0.3, 0.4) is 0 Å². The maximum absolute atomic E-state index is 10.2. The van der Waals surface area contributed by atoms with Crippen LogP contribution in [0.1, 0.15) is 12.2 Å². The van der Waals surface area contributed by atoms with Crippen molar-refractivity contribution in [2.24, 2.45) is 13.0 Å². The molecule has 2 unspecified atom stereocenters. The number of fused-ring (bicyclic) bond motifs is 1. The average molecular weight is 246 g/mol. The van der Waals surface area contributed by atoms with Gasteiger partial charge in [0, 0.05) is 26.0 Å². The second-order valence-corrected chi connectivity index (χ2v) is 4.97. The third-order valence-corrected chi connectivity index (χ3v) is 3.78. The second-order valence-electron chi connectivity index (χ2n) is 4.97. The van der Waals surface area contributed by atoms with Crippen LogP contribution >= 0.6 is 0 Å². The summed E-state index contributed by atoms with van der Waals surface area (Å²) in [7, 11) is 2.00. The van der Waals surface area contributed by atoms with E-state index in [9.17, 15) is 5.11 Å². The van der Waals surface area contributed by atoms with Gasteiger partial charge in [0.2, 0.25) is 0 Å². The molecule has 2 atom stereocenters. The van der Waals surface area contributed by atoms with E-state index in [-0.39, 0.29) is 12.0 Å². The van der Waals surface area contributed by atoms with E-state index in [0.717, 1.165) is 29.9 Å². The number of aliphatic hydroxyl groups excluding tert-OH is 1. The first-order chi connectivity index (χ1) is 8.75. The van der Waals surface area contributed by atoms with Crippen molar-refractivity contribution < 1.29 is 9.84 Å². The van der Waals surface area contributed by atoms with Crippen molar-refractivity contribution >= 4 is 11.0 Å². The highest BCUT2D eigenvalue weighted by Crippen LogP contribution is 2.21. The first-order valence-electron chi connectivity index (χ1n) is 6.42. The van der Waals surface area contributed by atoms with Crippen molar-refractivity contribution in [1.82, 2.24) is 9.55 Å². The van der Waals surface area contributed by atoms with E-state index >= 15 is 0 Å². The van der Waals surface area contributed by atoms with Gasteiger partial charge in [0.05, 0.1) is 23.7 Å². The fourth-order valence-electron chi connectivity index (χ4n) is 2.59. The summed E-state index contributed by atoms with van der Waals surface area (Å²) in [6.07, 6.45) is 1.19. The molecule has 2 heterocycles. The summed E-state index contributed by atoms with van der Waals surface area (Å²) in [4.78, 5) is 4.59. The van der Waals surface area contributed by atoms with Crippen LogP contribution < -0.4 is 0 Å². The Morgan fingerprint density at radius 2 is 2.33 bits per heavy atom. The molecule has 0 spiro atoms. The number of rotatable bonds is 3. The number of hydrogen-bond acceptors (Lipinski definition) is 3. The molecule has 18 heavy (non-hydrogen) atoms. The lowest BCUT2D eigenvalue weighted by atomic mass is 9.99. The highest BCUT2D eigenvalue weighted by Gasteiger charge is 2.25. The molecule has 0 bridgehead atoms. The molecule has 1 aromatic carbocycles. The van der Waals surface area contributed by atoms with Gasteiger partial charge >= 0.3 is 0 Å². The van der Waals surface area contributed by atoms with Gasteiger partial charge in [0.15, 0.2) is 0 Å². The molecule has 4 heteroatoms. The Hall–Kier alpha value is -1.39. The molecule has 1 N–H and O–H groups in total. The van der Waals surface area contributed by atoms with Gasteiger partial charge in [-0.05, 0) is 18.6 Å². The van der Waals surface area contributed by atoms with Crippen molar-refractivity contribution in [1.29, 1.82) is 0 Å². The summed E-state index contributed by atoms with van der Waals surface area (Å²) in [5, 5.41) is 10.2. The molecule has 3 rings (SSSR count). The monoisotopic (exact) mass is 246 g/mol. The van der Waals surface area contributed by atoms with Crippen LogP contribution in [0.25, 0.3) is 11.0 Å². The van der Waals surface area contributed by atoms with Gasteiger partial charge in [-0.3, -0.25) is 0 Å². The number of ether oxygens (including phenoxy) is 1. The van der Waals surface area contributed by atoms with Crippen molar-refractivity contribution in [3.05, 3.63) is 30.1 Å². The molecule has 1 fully saturated rings. The number of para-hydroxylation sites is 2. The minimum absolute atomic E-state index is 0.254. The van der Waals surface area contributed by atoms with E-state index in [2.05, 4.69) is 15.6 Å². The van der Waals surface area contributed by atoms with E-state index in [1.54, 1.807) is 0 Å². The lowest BCUT2D eigenvalue weighted by molar-refractivity contribution is 0.0899. The zero-order chi connectivity index (χ0) is 12.5. The first kappa shape index (κ1) is 11.7. The second kappa shape index (κ2) is 4.71. The maximum atomic E-state index is 10.2. The summed E-state index contributed by atoms with van der Waals surface area (Å²) < 4.78 is 7.38. The molecule has 0 radical (unpaired) electrons. The van der Waals surface area contributed by atoms with Crippen LogP contribution in [-0.4, -0.2) is 34.0 Å². The molecule has 2 aromatic rings. The summed E-state index contributed by atoms with van der Waals surface area (Å²) in [5.41, 5.74) is 2.10. The van der Waals surface area contributed by atoms with Crippen LogP contribution in [0.4, 0.5) is 0 Å². The highest BCUT2D eigenvalue weighted by atomic mass is 16.5. The van der Waals surface area contributed by atoms with Gasteiger partial charge in [0.1, 0.15) is 5.82 Å². The number of nitrogens with zero attached hydrogens (tertiary/aromatic N) is 2. The third-order valence-electron chi connectivity index (χ3n) is 3.78. The van der Waals surface area contributed by atoms with Gasteiger partial charge in [-0.2, -0.15) is 0 Å². The topological polar surface area (TPSA) is 47.3 Å². The third kappa shape index (κ3) is 2.02. The molecule has 96 valence electrons. The van der Waals surface area contributed by atoms with Gasteiger partial charge in [-0.15, -0.1) is 0 Å². The van der Waals surface area contributed by atoms with Gasteiger partial charge in [-0.1, -0.05) is 12.1 Å². The van der Waals surface area contributed by atoms with E-state index < -0.39 is 0 Å². The maximum Gasteiger partial charge on any atom is 0.112 e. The molecule has 1 saturated heterocycles. The lowest BCUT2D eigenvalue weighted by Crippen LogP contribution is -2.24. The number of aryl methyl sites for hydroxylation is 1.